The highest BCUT2D eigenvalue weighted by molar-refractivity contribution is 7.16. The van der Waals surface area contributed by atoms with Crippen LogP contribution in [-0.2, 0) is 4.79 Å². The van der Waals surface area contributed by atoms with Crippen molar-refractivity contribution in [3.8, 4) is 0 Å². The Morgan fingerprint density at radius 3 is 2.65 bits per heavy atom. The average Bonchev–Trinajstić information content (AvgIpc) is 3.05. The molecule has 0 aliphatic carbocycles. The van der Waals surface area contributed by atoms with Gasteiger partial charge >= 0.3 is 0 Å². The number of hydrogen-bond acceptors (Lipinski definition) is 4. The molecule has 1 N–H and O–H groups in total. The number of nitrogens with one attached hydrogen (secondary N) is 1. The number of thiophene rings is 1. The summed E-state index contributed by atoms with van der Waals surface area (Å²) in [6.45, 7) is 1.84. The van der Waals surface area contributed by atoms with Crippen LogP contribution >= 0.6 is 22.9 Å². The molecule has 2 aromatic heterocycles. The van der Waals surface area contributed by atoms with Gasteiger partial charge in [0.1, 0.15) is 11.8 Å². The predicted molar refractivity (Wildman–Crippen MR) is 81.2 cm³/mol. The summed E-state index contributed by atoms with van der Waals surface area (Å²) in [5.74, 6) is 0.783. The van der Waals surface area contributed by atoms with Gasteiger partial charge in [0, 0.05) is 19.0 Å². The number of carbonyl (C=O) groups is 1. The first kappa shape index (κ1) is 15.1. The summed E-state index contributed by atoms with van der Waals surface area (Å²) in [5.41, 5.74) is 0. The first-order chi connectivity index (χ1) is 9.49. The molecular weight excluding hydrogens is 296 g/mol. The minimum absolute atomic E-state index is 0.0178. The first-order valence-electron chi connectivity index (χ1n) is 6.25. The fourth-order valence-corrected chi connectivity index (χ4v) is 3.08. The van der Waals surface area contributed by atoms with E-state index >= 15 is 0 Å². The molecule has 0 saturated heterocycles. The van der Waals surface area contributed by atoms with E-state index in [2.05, 4.69) is 5.32 Å². The highest BCUT2D eigenvalue weighted by Gasteiger charge is 2.24. The second kappa shape index (κ2) is 6.43. The van der Waals surface area contributed by atoms with E-state index in [-0.39, 0.29) is 18.0 Å². The molecule has 1 amide bonds. The summed E-state index contributed by atoms with van der Waals surface area (Å²) in [6.07, 6.45) is 1.62. The van der Waals surface area contributed by atoms with Gasteiger partial charge < -0.3 is 9.32 Å². The Labute approximate surface area is 127 Å². The summed E-state index contributed by atoms with van der Waals surface area (Å²) in [7, 11) is 3.48. The van der Waals surface area contributed by atoms with Crippen molar-refractivity contribution in [1.82, 2.24) is 10.2 Å². The number of furan rings is 1. The van der Waals surface area contributed by atoms with Gasteiger partial charge in [0.2, 0.25) is 5.91 Å². The molecule has 2 heterocycles. The third kappa shape index (κ3) is 3.42. The van der Waals surface area contributed by atoms with Gasteiger partial charge in [-0.3, -0.25) is 10.1 Å². The molecule has 2 unspecified atom stereocenters. The summed E-state index contributed by atoms with van der Waals surface area (Å²) in [5, 5.41) is 3.30. The Morgan fingerprint density at radius 1 is 1.40 bits per heavy atom. The SMILES string of the molecule is CC(NC(c1ccco1)c1ccc(Cl)s1)C(=O)N(C)C. The maximum atomic E-state index is 12.0. The molecular formula is C14H17ClN2O2S. The molecule has 0 spiro atoms. The van der Waals surface area contributed by atoms with Crippen LogP contribution in [0.15, 0.2) is 34.9 Å². The molecule has 20 heavy (non-hydrogen) atoms. The number of carbonyl (C=O) groups excluding carboxylic acids is 1. The lowest BCUT2D eigenvalue weighted by Crippen LogP contribution is -2.43. The molecule has 0 saturated carbocycles. The van der Waals surface area contributed by atoms with Crippen molar-refractivity contribution in [2.75, 3.05) is 14.1 Å². The van der Waals surface area contributed by atoms with E-state index < -0.39 is 0 Å². The van der Waals surface area contributed by atoms with Gasteiger partial charge in [-0.15, -0.1) is 11.3 Å². The van der Waals surface area contributed by atoms with Crippen molar-refractivity contribution in [2.45, 2.75) is 19.0 Å². The third-order valence-electron chi connectivity index (χ3n) is 2.93. The van der Waals surface area contributed by atoms with Crippen LogP contribution in [0, 0.1) is 0 Å². The number of hydrogen-bond donors (Lipinski definition) is 1. The lowest BCUT2D eigenvalue weighted by atomic mass is 10.1. The molecule has 0 fully saturated rings. The number of amides is 1. The molecule has 0 bridgehead atoms. The Hall–Kier alpha value is -1.30. The zero-order valence-electron chi connectivity index (χ0n) is 11.6. The quantitative estimate of drug-likeness (QED) is 0.922. The van der Waals surface area contributed by atoms with Crippen LogP contribution in [0.4, 0.5) is 0 Å². The summed E-state index contributed by atoms with van der Waals surface area (Å²) in [6, 6.07) is 7.01. The Balaban J connectivity index is 2.22. The lowest BCUT2D eigenvalue weighted by Gasteiger charge is -2.23. The molecule has 0 radical (unpaired) electrons. The summed E-state index contributed by atoms with van der Waals surface area (Å²) < 4.78 is 6.19. The molecule has 108 valence electrons. The van der Waals surface area contributed by atoms with Gasteiger partial charge in [-0.05, 0) is 31.2 Å². The number of likely N-dealkylation sites (N-methyl/N-ethyl adjacent to an activating group) is 1. The Bertz CT molecular complexity index is 566. The minimum Gasteiger partial charge on any atom is -0.467 e. The van der Waals surface area contributed by atoms with Gasteiger partial charge in [-0.25, -0.2) is 0 Å². The maximum Gasteiger partial charge on any atom is 0.238 e. The van der Waals surface area contributed by atoms with Crippen LogP contribution in [0.5, 0.6) is 0 Å². The van der Waals surface area contributed by atoms with Gasteiger partial charge in [0.25, 0.3) is 0 Å². The van der Waals surface area contributed by atoms with Gasteiger partial charge in [0.15, 0.2) is 0 Å². The standard InChI is InChI=1S/C14H17ClN2O2S/c1-9(14(18)17(2)3)16-13(10-5-4-8-19-10)11-6-7-12(15)20-11/h4-9,13,16H,1-3H3. The second-order valence-corrected chi connectivity index (χ2v) is 6.46. The fourth-order valence-electron chi connectivity index (χ4n) is 1.95. The van der Waals surface area contributed by atoms with Crippen molar-refractivity contribution in [3.63, 3.8) is 0 Å². The third-order valence-corrected chi connectivity index (χ3v) is 4.23. The molecule has 0 aromatic carbocycles. The van der Waals surface area contributed by atoms with Crippen molar-refractivity contribution in [2.24, 2.45) is 0 Å². The number of rotatable bonds is 5. The predicted octanol–water partition coefficient (Wildman–Crippen LogP) is 3.15. The number of nitrogens with zero attached hydrogens (tertiary/aromatic N) is 1. The fraction of sp³-hybridized carbons (Fsp3) is 0.357. The summed E-state index contributed by atoms with van der Waals surface area (Å²) >= 11 is 7.47. The Kier molecular flexibility index (Phi) is 4.86. The zero-order valence-corrected chi connectivity index (χ0v) is 13.2. The van der Waals surface area contributed by atoms with Crippen LogP contribution < -0.4 is 5.32 Å². The maximum absolute atomic E-state index is 12.0. The minimum atomic E-state index is -0.319. The largest absolute Gasteiger partial charge is 0.467 e. The smallest absolute Gasteiger partial charge is 0.238 e. The van der Waals surface area contributed by atoms with E-state index in [4.69, 9.17) is 16.0 Å². The van der Waals surface area contributed by atoms with Gasteiger partial charge in [0.05, 0.1) is 16.6 Å². The number of halogens is 1. The van der Waals surface area contributed by atoms with E-state index in [1.807, 2.05) is 31.2 Å². The van der Waals surface area contributed by atoms with E-state index in [1.165, 1.54) is 11.3 Å². The molecule has 0 aliphatic rings. The zero-order chi connectivity index (χ0) is 14.7. The molecule has 2 aromatic rings. The second-order valence-electron chi connectivity index (χ2n) is 4.71. The van der Waals surface area contributed by atoms with E-state index in [0.717, 1.165) is 10.6 Å². The lowest BCUT2D eigenvalue weighted by molar-refractivity contribution is -0.130. The van der Waals surface area contributed by atoms with E-state index in [1.54, 1.807) is 25.3 Å². The van der Waals surface area contributed by atoms with Gasteiger partial charge in [-0.1, -0.05) is 11.6 Å². The van der Waals surface area contributed by atoms with Crippen molar-refractivity contribution in [1.29, 1.82) is 0 Å². The first-order valence-corrected chi connectivity index (χ1v) is 7.44. The molecule has 0 aliphatic heterocycles. The summed E-state index contributed by atoms with van der Waals surface area (Å²) in [4.78, 5) is 14.6. The average molecular weight is 313 g/mol. The van der Waals surface area contributed by atoms with Crippen LogP contribution in [0.2, 0.25) is 4.34 Å². The van der Waals surface area contributed by atoms with E-state index in [0.29, 0.717) is 4.34 Å². The molecule has 2 atom stereocenters. The van der Waals surface area contributed by atoms with Crippen molar-refractivity contribution < 1.29 is 9.21 Å². The van der Waals surface area contributed by atoms with Gasteiger partial charge in [-0.2, -0.15) is 0 Å². The van der Waals surface area contributed by atoms with Crippen LogP contribution in [0.3, 0.4) is 0 Å². The van der Waals surface area contributed by atoms with Crippen molar-refractivity contribution >= 4 is 28.8 Å². The Morgan fingerprint density at radius 2 is 2.15 bits per heavy atom. The molecule has 2 rings (SSSR count). The topological polar surface area (TPSA) is 45.5 Å². The highest BCUT2D eigenvalue weighted by Crippen LogP contribution is 2.31. The monoisotopic (exact) mass is 312 g/mol. The highest BCUT2D eigenvalue weighted by atomic mass is 35.5. The van der Waals surface area contributed by atoms with E-state index in [9.17, 15) is 4.79 Å². The van der Waals surface area contributed by atoms with Crippen LogP contribution in [-0.4, -0.2) is 30.9 Å². The van der Waals surface area contributed by atoms with Crippen LogP contribution in [0.25, 0.3) is 0 Å². The normalized spacial score (nSPS) is 14.0. The van der Waals surface area contributed by atoms with Crippen molar-refractivity contribution in [3.05, 3.63) is 45.5 Å². The van der Waals surface area contributed by atoms with Crippen LogP contribution in [0.1, 0.15) is 23.6 Å². The molecule has 4 nitrogen and oxygen atoms in total. The molecule has 6 heteroatoms.